The summed E-state index contributed by atoms with van der Waals surface area (Å²) in [7, 11) is 2.05. The van der Waals surface area contributed by atoms with E-state index in [1.807, 2.05) is 30.9 Å². The molecule has 2 aromatic heterocycles. The van der Waals surface area contributed by atoms with Crippen LogP contribution >= 0.6 is 0 Å². The standard InChI is InChI=1S/C14H18N4/c1-17-9-7-16-14(17)11-18-8-3-5-13(18)12-4-2-6-15-10-12/h2,4,6-7,9-10,13H,3,5,8,11H2,1H3. The Morgan fingerprint density at radius 2 is 2.33 bits per heavy atom. The Kier molecular flexibility index (Phi) is 3.11. The number of pyridine rings is 1. The van der Waals surface area contributed by atoms with E-state index in [4.69, 9.17) is 0 Å². The lowest BCUT2D eigenvalue weighted by molar-refractivity contribution is 0.239. The molecular formula is C14H18N4. The summed E-state index contributed by atoms with van der Waals surface area (Å²) in [6.07, 6.45) is 10.2. The summed E-state index contributed by atoms with van der Waals surface area (Å²) in [4.78, 5) is 11.1. The fourth-order valence-corrected chi connectivity index (χ4v) is 2.70. The second-order valence-electron chi connectivity index (χ2n) is 4.87. The van der Waals surface area contributed by atoms with Crippen molar-refractivity contribution in [3.63, 3.8) is 0 Å². The third-order valence-electron chi connectivity index (χ3n) is 3.70. The molecule has 0 amide bonds. The van der Waals surface area contributed by atoms with Gasteiger partial charge in [0.15, 0.2) is 0 Å². The second-order valence-corrected chi connectivity index (χ2v) is 4.87. The Hall–Kier alpha value is -1.68. The van der Waals surface area contributed by atoms with Gasteiger partial charge in [-0.25, -0.2) is 4.98 Å². The third-order valence-corrected chi connectivity index (χ3v) is 3.70. The Bertz CT molecular complexity index is 506. The van der Waals surface area contributed by atoms with E-state index in [-0.39, 0.29) is 0 Å². The highest BCUT2D eigenvalue weighted by Gasteiger charge is 2.26. The third kappa shape index (κ3) is 2.16. The molecule has 0 spiro atoms. The summed E-state index contributed by atoms with van der Waals surface area (Å²) >= 11 is 0. The topological polar surface area (TPSA) is 34.0 Å². The van der Waals surface area contributed by atoms with Gasteiger partial charge >= 0.3 is 0 Å². The van der Waals surface area contributed by atoms with Crippen LogP contribution in [0, 0.1) is 0 Å². The number of aromatic nitrogens is 3. The first-order chi connectivity index (χ1) is 8.84. The molecule has 0 aromatic carbocycles. The molecule has 1 aliphatic rings. The van der Waals surface area contributed by atoms with E-state index in [2.05, 4.69) is 32.5 Å². The second kappa shape index (κ2) is 4.90. The van der Waals surface area contributed by atoms with E-state index in [1.165, 1.54) is 18.4 Å². The van der Waals surface area contributed by atoms with Gasteiger partial charge in [0.1, 0.15) is 5.82 Å². The van der Waals surface area contributed by atoms with Crippen molar-refractivity contribution in [3.05, 3.63) is 48.3 Å². The van der Waals surface area contributed by atoms with Crippen LogP contribution in [-0.4, -0.2) is 26.0 Å². The van der Waals surface area contributed by atoms with Gasteiger partial charge in [0, 0.05) is 37.9 Å². The van der Waals surface area contributed by atoms with Crippen molar-refractivity contribution >= 4 is 0 Å². The van der Waals surface area contributed by atoms with Crippen LogP contribution in [-0.2, 0) is 13.6 Å². The molecule has 1 unspecified atom stereocenters. The van der Waals surface area contributed by atoms with E-state index in [0.717, 1.165) is 18.9 Å². The van der Waals surface area contributed by atoms with E-state index >= 15 is 0 Å². The summed E-state index contributed by atoms with van der Waals surface area (Å²) in [5, 5.41) is 0. The highest BCUT2D eigenvalue weighted by Crippen LogP contribution is 2.32. The first-order valence-electron chi connectivity index (χ1n) is 6.45. The van der Waals surface area contributed by atoms with Crippen molar-refractivity contribution < 1.29 is 0 Å². The molecule has 3 rings (SSSR count). The number of rotatable bonds is 3. The van der Waals surface area contributed by atoms with Crippen LogP contribution in [0.3, 0.4) is 0 Å². The summed E-state index contributed by atoms with van der Waals surface area (Å²) in [5.74, 6) is 1.13. The molecule has 94 valence electrons. The van der Waals surface area contributed by atoms with Crippen LogP contribution in [0.2, 0.25) is 0 Å². The van der Waals surface area contributed by atoms with Gasteiger partial charge in [-0.2, -0.15) is 0 Å². The van der Waals surface area contributed by atoms with Crippen molar-refractivity contribution in [3.8, 4) is 0 Å². The maximum absolute atomic E-state index is 4.41. The molecule has 18 heavy (non-hydrogen) atoms. The first kappa shape index (κ1) is 11.4. The molecule has 0 radical (unpaired) electrons. The van der Waals surface area contributed by atoms with Crippen molar-refractivity contribution in [2.24, 2.45) is 7.05 Å². The van der Waals surface area contributed by atoms with Gasteiger partial charge < -0.3 is 4.57 Å². The summed E-state index contributed by atoms with van der Waals surface area (Å²) < 4.78 is 2.10. The Morgan fingerprint density at radius 1 is 1.39 bits per heavy atom. The largest absolute Gasteiger partial charge is 0.337 e. The van der Waals surface area contributed by atoms with Crippen LogP contribution in [0.1, 0.15) is 30.3 Å². The average Bonchev–Trinajstić information content (AvgIpc) is 3.01. The van der Waals surface area contributed by atoms with E-state index in [1.54, 1.807) is 0 Å². The molecule has 0 saturated carbocycles. The number of hydrogen-bond donors (Lipinski definition) is 0. The van der Waals surface area contributed by atoms with Crippen molar-refractivity contribution in [1.82, 2.24) is 19.4 Å². The number of imidazole rings is 1. The maximum atomic E-state index is 4.41. The van der Waals surface area contributed by atoms with E-state index in [9.17, 15) is 0 Å². The van der Waals surface area contributed by atoms with E-state index in [0.29, 0.717) is 6.04 Å². The van der Waals surface area contributed by atoms with Crippen molar-refractivity contribution in [2.75, 3.05) is 6.54 Å². The predicted octanol–water partition coefficient (Wildman–Crippen LogP) is 2.15. The van der Waals surface area contributed by atoms with Gasteiger partial charge in [-0.05, 0) is 31.0 Å². The van der Waals surface area contributed by atoms with Crippen LogP contribution < -0.4 is 0 Å². The molecule has 1 aliphatic heterocycles. The highest BCUT2D eigenvalue weighted by atomic mass is 15.2. The summed E-state index contributed by atoms with van der Waals surface area (Å²) in [6, 6.07) is 4.69. The van der Waals surface area contributed by atoms with Crippen LogP contribution in [0.5, 0.6) is 0 Å². The summed E-state index contributed by atoms with van der Waals surface area (Å²) in [5.41, 5.74) is 1.32. The molecule has 4 nitrogen and oxygen atoms in total. The molecule has 4 heteroatoms. The van der Waals surface area contributed by atoms with Gasteiger partial charge in [-0.1, -0.05) is 6.07 Å². The lowest BCUT2D eigenvalue weighted by Gasteiger charge is -2.24. The Labute approximate surface area is 107 Å². The van der Waals surface area contributed by atoms with Gasteiger partial charge in [0.05, 0.1) is 6.54 Å². The minimum atomic E-state index is 0.496. The monoisotopic (exact) mass is 242 g/mol. The number of aryl methyl sites for hydroxylation is 1. The first-order valence-corrected chi connectivity index (χ1v) is 6.45. The zero-order valence-corrected chi connectivity index (χ0v) is 10.7. The molecule has 0 N–H and O–H groups in total. The molecule has 0 aliphatic carbocycles. The van der Waals surface area contributed by atoms with Crippen LogP contribution in [0.4, 0.5) is 0 Å². The lowest BCUT2D eigenvalue weighted by Crippen LogP contribution is -2.24. The smallest absolute Gasteiger partial charge is 0.122 e. The predicted molar refractivity (Wildman–Crippen MR) is 69.8 cm³/mol. The molecule has 1 saturated heterocycles. The zero-order valence-electron chi connectivity index (χ0n) is 10.7. The number of nitrogens with zero attached hydrogens (tertiary/aromatic N) is 4. The molecule has 2 aromatic rings. The summed E-state index contributed by atoms with van der Waals surface area (Å²) in [6.45, 7) is 2.06. The van der Waals surface area contributed by atoms with Gasteiger partial charge in [0.2, 0.25) is 0 Å². The van der Waals surface area contributed by atoms with E-state index < -0.39 is 0 Å². The quantitative estimate of drug-likeness (QED) is 0.827. The van der Waals surface area contributed by atoms with Crippen molar-refractivity contribution in [1.29, 1.82) is 0 Å². The number of hydrogen-bond acceptors (Lipinski definition) is 3. The molecule has 0 bridgehead atoms. The van der Waals surface area contributed by atoms with Gasteiger partial charge in [-0.3, -0.25) is 9.88 Å². The molecule has 1 atom stereocenters. The molecule has 3 heterocycles. The van der Waals surface area contributed by atoms with Gasteiger partial charge in [-0.15, -0.1) is 0 Å². The minimum Gasteiger partial charge on any atom is -0.337 e. The van der Waals surface area contributed by atoms with Crippen LogP contribution in [0.15, 0.2) is 36.9 Å². The number of likely N-dealkylation sites (tertiary alicyclic amines) is 1. The zero-order chi connectivity index (χ0) is 12.4. The Morgan fingerprint density at radius 3 is 3.06 bits per heavy atom. The Balaban J connectivity index is 1.78. The van der Waals surface area contributed by atoms with Crippen LogP contribution in [0.25, 0.3) is 0 Å². The highest BCUT2D eigenvalue weighted by molar-refractivity contribution is 5.15. The minimum absolute atomic E-state index is 0.496. The van der Waals surface area contributed by atoms with Crippen molar-refractivity contribution in [2.45, 2.75) is 25.4 Å². The fraction of sp³-hybridized carbons (Fsp3) is 0.429. The SMILES string of the molecule is Cn1ccnc1CN1CCCC1c1cccnc1. The lowest BCUT2D eigenvalue weighted by atomic mass is 10.1. The maximum Gasteiger partial charge on any atom is 0.122 e. The molecule has 1 fully saturated rings. The average molecular weight is 242 g/mol. The molecular weight excluding hydrogens is 224 g/mol. The normalized spacial score (nSPS) is 20.4. The van der Waals surface area contributed by atoms with Gasteiger partial charge in [0.25, 0.3) is 0 Å². The fourth-order valence-electron chi connectivity index (χ4n) is 2.70.